The van der Waals surface area contributed by atoms with Crippen LogP contribution in [-0.4, -0.2) is 44.7 Å². The zero-order valence-electron chi connectivity index (χ0n) is 15.7. The van der Waals surface area contributed by atoms with Gasteiger partial charge < -0.3 is 14.4 Å². The number of hydrogen-bond acceptors (Lipinski definition) is 6. The minimum absolute atomic E-state index is 0.154. The molecule has 8 nitrogen and oxygen atoms in total. The number of halogens is 1. The molecule has 1 aliphatic rings. The summed E-state index contributed by atoms with van der Waals surface area (Å²) in [5.41, 5.74) is 1.03. The summed E-state index contributed by atoms with van der Waals surface area (Å²) in [5, 5.41) is 0.774. The molecular weight excluding hydrogens is 396 g/mol. The molecule has 1 aromatic carbocycles. The van der Waals surface area contributed by atoms with Crippen LogP contribution in [0.4, 0.5) is 4.79 Å². The number of rotatable bonds is 4. The number of pyridine rings is 1. The third-order valence-electron chi connectivity index (χ3n) is 4.82. The number of nitrogens with zero attached hydrogens (tertiary/aromatic N) is 4. The number of carbonyl (C=O) groups is 1. The van der Waals surface area contributed by atoms with Crippen LogP contribution >= 0.6 is 11.6 Å². The number of aromatic nitrogens is 3. The minimum atomic E-state index is -0.400. The number of carbonyl (C=O) groups excluding carboxylic acids is 1. The topological polar surface area (TPSA) is 86.5 Å². The lowest BCUT2D eigenvalue weighted by Crippen LogP contribution is -2.32. The molecule has 4 rings (SSSR count). The largest absolute Gasteiger partial charge is 0.483 e. The number of amides is 1. The van der Waals surface area contributed by atoms with Crippen molar-refractivity contribution in [1.29, 1.82) is 0 Å². The zero-order chi connectivity index (χ0) is 20.4. The highest BCUT2D eigenvalue weighted by atomic mass is 35.5. The van der Waals surface area contributed by atoms with E-state index in [4.69, 9.17) is 21.1 Å². The average molecular weight is 415 g/mol. The van der Waals surface area contributed by atoms with E-state index in [1.165, 1.54) is 10.9 Å². The second kappa shape index (κ2) is 8.08. The SMILES string of the molecule is Cn1c(=O)c(OC2CCN(C(=O)OCc3ccccc3)C2)cc2c(Cl)ncnc21. The predicted octanol–water partition coefficient (Wildman–Crippen LogP) is 2.77. The zero-order valence-corrected chi connectivity index (χ0v) is 16.5. The minimum Gasteiger partial charge on any atom is -0.483 e. The molecule has 3 aromatic rings. The highest BCUT2D eigenvalue weighted by molar-refractivity contribution is 6.33. The normalized spacial score (nSPS) is 16.2. The van der Waals surface area contributed by atoms with Crippen molar-refractivity contribution in [2.45, 2.75) is 19.1 Å². The summed E-state index contributed by atoms with van der Waals surface area (Å²) in [5.74, 6) is 0.154. The van der Waals surface area contributed by atoms with E-state index in [9.17, 15) is 9.59 Å². The molecule has 1 saturated heterocycles. The average Bonchev–Trinajstić information content (AvgIpc) is 3.20. The molecule has 0 radical (unpaired) electrons. The third kappa shape index (κ3) is 4.02. The molecule has 29 heavy (non-hydrogen) atoms. The lowest BCUT2D eigenvalue weighted by molar-refractivity contribution is 0.0990. The quantitative estimate of drug-likeness (QED) is 0.610. The Morgan fingerprint density at radius 3 is 2.86 bits per heavy atom. The van der Waals surface area contributed by atoms with E-state index in [0.717, 1.165) is 5.56 Å². The lowest BCUT2D eigenvalue weighted by Gasteiger charge is -2.17. The highest BCUT2D eigenvalue weighted by Crippen LogP contribution is 2.23. The molecule has 1 fully saturated rings. The number of ether oxygens (including phenoxy) is 2. The fourth-order valence-corrected chi connectivity index (χ4v) is 3.46. The first-order chi connectivity index (χ1) is 14.0. The summed E-state index contributed by atoms with van der Waals surface area (Å²) in [7, 11) is 1.60. The van der Waals surface area contributed by atoms with Crippen LogP contribution in [0.15, 0.2) is 47.5 Å². The molecular formula is C20H19ClN4O4. The van der Waals surface area contributed by atoms with Crippen molar-refractivity contribution in [2.75, 3.05) is 13.1 Å². The van der Waals surface area contributed by atoms with Gasteiger partial charge in [0, 0.05) is 20.0 Å². The van der Waals surface area contributed by atoms with Crippen LogP contribution in [0.5, 0.6) is 5.75 Å². The van der Waals surface area contributed by atoms with Gasteiger partial charge in [0.25, 0.3) is 5.56 Å². The van der Waals surface area contributed by atoms with Crippen LogP contribution in [0.2, 0.25) is 5.15 Å². The maximum absolute atomic E-state index is 12.6. The van der Waals surface area contributed by atoms with Gasteiger partial charge in [0.1, 0.15) is 29.8 Å². The van der Waals surface area contributed by atoms with E-state index in [0.29, 0.717) is 30.5 Å². The lowest BCUT2D eigenvalue weighted by atomic mass is 10.2. The van der Waals surface area contributed by atoms with Crippen LogP contribution in [0.25, 0.3) is 11.0 Å². The summed E-state index contributed by atoms with van der Waals surface area (Å²) >= 11 is 6.13. The second-order valence-electron chi connectivity index (χ2n) is 6.79. The van der Waals surface area contributed by atoms with E-state index in [2.05, 4.69) is 9.97 Å². The van der Waals surface area contributed by atoms with Crippen LogP contribution in [0.1, 0.15) is 12.0 Å². The highest BCUT2D eigenvalue weighted by Gasteiger charge is 2.29. The fourth-order valence-electron chi connectivity index (χ4n) is 3.28. The standard InChI is InChI=1S/C20H19ClN4O4/c1-24-18-15(17(21)22-12-23-18)9-16(19(24)26)29-14-7-8-25(10-14)20(27)28-11-13-5-3-2-4-6-13/h2-6,9,12,14H,7-8,10-11H2,1H3. The summed E-state index contributed by atoms with van der Waals surface area (Å²) < 4.78 is 12.6. The molecule has 1 aliphatic heterocycles. The summed E-state index contributed by atoms with van der Waals surface area (Å²) in [6, 6.07) is 11.0. The summed E-state index contributed by atoms with van der Waals surface area (Å²) in [6.45, 7) is 1.05. The Morgan fingerprint density at radius 2 is 2.07 bits per heavy atom. The van der Waals surface area contributed by atoms with E-state index < -0.39 is 6.09 Å². The van der Waals surface area contributed by atoms with E-state index in [1.54, 1.807) is 18.0 Å². The molecule has 1 amide bonds. The second-order valence-corrected chi connectivity index (χ2v) is 7.15. The summed E-state index contributed by atoms with van der Waals surface area (Å²) in [4.78, 5) is 34.5. The number of benzene rings is 1. The number of likely N-dealkylation sites (tertiary alicyclic amines) is 1. The van der Waals surface area contributed by atoms with Crippen molar-refractivity contribution in [3.05, 3.63) is 63.8 Å². The van der Waals surface area contributed by atoms with E-state index >= 15 is 0 Å². The van der Waals surface area contributed by atoms with Gasteiger partial charge in [0.15, 0.2) is 5.75 Å². The molecule has 3 heterocycles. The van der Waals surface area contributed by atoms with Gasteiger partial charge in [-0.2, -0.15) is 0 Å². The van der Waals surface area contributed by atoms with E-state index in [-0.39, 0.29) is 29.2 Å². The Balaban J connectivity index is 1.42. The van der Waals surface area contributed by atoms with Crippen molar-refractivity contribution in [3.63, 3.8) is 0 Å². The maximum Gasteiger partial charge on any atom is 0.410 e. The van der Waals surface area contributed by atoms with Crippen molar-refractivity contribution >= 4 is 28.7 Å². The Bertz CT molecular complexity index is 1100. The Kier molecular flexibility index (Phi) is 5.35. The van der Waals surface area contributed by atoms with Gasteiger partial charge in [0.2, 0.25) is 0 Å². The van der Waals surface area contributed by atoms with Crippen molar-refractivity contribution < 1.29 is 14.3 Å². The first kappa shape index (κ1) is 19.2. The summed E-state index contributed by atoms with van der Waals surface area (Å²) in [6.07, 6.45) is 1.19. The van der Waals surface area contributed by atoms with Gasteiger partial charge >= 0.3 is 6.09 Å². The smallest absolute Gasteiger partial charge is 0.410 e. The van der Waals surface area contributed by atoms with Crippen molar-refractivity contribution in [3.8, 4) is 5.75 Å². The Hall–Kier alpha value is -3.13. The Morgan fingerprint density at radius 1 is 1.28 bits per heavy atom. The molecule has 2 aromatic heterocycles. The van der Waals surface area contributed by atoms with Gasteiger partial charge in [0.05, 0.1) is 11.9 Å². The van der Waals surface area contributed by atoms with Gasteiger partial charge in [-0.1, -0.05) is 41.9 Å². The van der Waals surface area contributed by atoms with Gasteiger partial charge in [-0.15, -0.1) is 0 Å². The molecule has 9 heteroatoms. The first-order valence-electron chi connectivity index (χ1n) is 9.15. The van der Waals surface area contributed by atoms with Crippen molar-refractivity contribution in [1.82, 2.24) is 19.4 Å². The van der Waals surface area contributed by atoms with Crippen molar-refractivity contribution in [2.24, 2.45) is 7.05 Å². The molecule has 0 saturated carbocycles. The molecule has 1 atom stereocenters. The molecule has 1 unspecified atom stereocenters. The third-order valence-corrected chi connectivity index (χ3v) is 5.13. The Labute approximate surface area is 171 Å². The monoisotopic (exact) mass is 414 g/mol. The van der Waals surface area contributed by atoms with Crippen LogP contribution in [0.3, 0.4) is 0 Å². The number of fused-ring (bicyclic) bond motifs is 1. The number of aryl methyl sites for hydroxylation is 1. The van der Waals surface area contributed by atoms with Gasteiger partial charge in [-0.05, 0) is 11.6 Å². The fraction of sp³-hybridized carbons (Fsp3) is 0.300. The van der Waals surface area contributed by atoms with Gasteiger partial charge in [-0.25, -0.2) is 14.8 Å². The maximum atomic E-state index is 12.6. The van der Waals surface area contributed by atoms with Crippen LogP contribution in [-0.2, 0) is 18.4 Å². The van der Waals surface area contributed by atoms with Crippen LogP contribution < -0.4 is 10.3 Å². The first-order valence-corrected chi connectivity index (χ1v) is 9.53. The number of hydrogen-bond donors (Lipinski definition) is 0. The molecule has 150 valence electrons. The molecule has 0 aliphatic carbocycles. The van der Waals surface area contributed by atoms with Gasteiger partial charge in [-0.3, -0.25) is 9.36 Å². The van der Waals surface area contributed by atoms with Crippen LogP contribution in [0, 0.1) is 0 Å². The molecule has 0 spiro atoms. The predicted molar refractivity (Wildman–Crippen MR) is 107 cm³/mol. The van der Waals surface area contributed by atoms with E-state index in [1.807, 2.05) is 30.3 Å². The molecule has 0 N–H and O–H groups in total. The molecule has 0 bridgehead atoms.